The lowest BCUT2D eigenvalue weighted by atomic mass is 9.91. The quantitative estimate of drug-likeness (QED) is 0.823. The lowest BCUT2D eigenvalue weighted by Crippen LogP contribution is -2.47. The predicted octanol–water partition coefficient (Wildman–Crippen LogP) is 3.86. The standard InChI is InChI=1S/C18H20O2/c1-17(15-9-5-3-6-10-15)13-20-18(2,14-19-17)16-11-7-4-8-12-16/h3-12H,13-14H2,1-2H3/t17-,18-/m0/s1. The first-order chi connectivity index (χ1) is 9.62. The van der Waals surface area contributed by atoms with Crippen LogP contribution in [0, 0.1) is 0 Å². The molecule has 0 radical (unpaired) electrons. The van der Waals surface area contributed by atoms with Crippen LogP contribution in [0.5, 0.6) is 0 Å². The maximum atomic E-state index is 6.20. The van der Waals surface area contributed by atoms with Crippen LogP contribution >= 0.6 is 0 Å². The van der Waals surface area contributed by atoms with E-state index in [4.69, 9.17) is 9.47 Å². The van der Waals surface area contributed by atoms with Crippen molar-refractivity contribution >= 4 is 0 Å². The molecular formula is C18H20O2. The number of hydrogen-bond acceptors (Lipinski definition) is 2. The van der Waals surface area contributed by atoms with Crippen LogP contribution in [0.25, 0.3) is 0 Å². The summed E-state index contributed by atoms with van der Waals surface area (Å²) in [5.74, 6) is 0. The third kappa shape index (κ3) is 2.37. The second-order valence-corrected chi connectivity index (χ2v) is 5.77. The van der Waals surface area contributed by atoms with E-state index < -0.39 is 0 Å². The van der Waals surface area contributed by atoms with Crippen LogP contribution in [0.3, 0.4) is 0 Å². The second-order valence-electron chi connectivity index (χ2n) is 5.77. The Morgan fingerprint density at radius 2 is 1.00 bits per heavy atom. The van der Waals surface area contributed by atoms with Crippen LogP contribution in [-0.4, -0.2) is 13.2 Å². The molecule has 0 saturated carbocycles. The first-order valence-corrected chi connectivity index (χ1v) is 7.01. The zero-order chi connectivity index (χ0) is 14.1. The second kappa shape index (κ2) is 5.04. The fraction of sp³-hybridized carbons (Fsp3) is 0.333. The van der Waals surface area contributed by atoms with Crippen LogP contribution in [0.2, 0.25) is 0 Å². The molecular weight excluding hydrogens is 248 g/mol. The fourth-order valence-electron chi connectivity index (χ4n) is 2.59. The van der Waals surface area contributed by atoms with E-state index in [1.165, 1.54) is 0 Å². The van der Waals surface area contributed by atoms with Crippen LogP contribution in [0.15, 0.2) is 60.7 Å². The summed E-state index contributed by atoms with van der Waals surface area (Å²) in [5, 5.41) is 0. The van der Waals surface area contributed by atoms with E-state index in [-0.39, 0.29) is 11.2 Å². The van der Waals surface area contributed by atoms with Crippen molar-refractivity contribution in [2.24, 2.45) is 0 Å². The first-order valence-electron chi connectivity index (χ1n) is 7.01. The van der Waals surface area contributed by atoms with Gasteiger partial charge in [0.15, 0.2) is 0 Å². The highest BCUT2D eigenvalue weighted by Gasteiger charge is 2.41. The molecule has 0 spiro atoms. The summed E-state index contributed by atoms with van der Waals surface area (Å²) in [6.45, 7) is 5.30. The average molecular weight is 268 g/mol. The van der Waals surface area contributed by atoms with E-state index >= 15 is 0 Å². The highest BCUT2D eigenvalue weighted by Crippen LogP contribution is 2.37. The van der Waals surface area contributed by atoms with Gasteiger partial charge < -0.3 is 9.47 Å². The SMILES string of the molecule is C[C@@]1(c2ccccc2)CO[C@](C)(c2ccccc2)CO1. The molecule has 20 heavy (non-hydrogen) atoms. The molecule has 1 saturated heterocycles. The Morgan fingerprint density at radius 3 is 1.30 bits per heavy atom. The van der Waals surface area contributed by atoms with Crippen LogP contribution in [-0.2, 0) is 20.7 Å². The van der Waals surface area contributed by atoms with Crippen molar-refractivity contribution in [2.75, 3.05) is 13.2 Å². The van der Waals surface area contributed by atoms with Gasteiger partial charge in [-0.15, -0.1) is 0 Å². The highest BCUT2D eigenvalue weighted by molar-refractivity contribution is 5.25. The molecule has 0 aliphatic carbocycles. The molecule has 0 bridgehead atoms. The van der Waals surface area contributed by atoms with E-state index in [2.05, 4.69) is 38.1 Å². The zero-order valence-corrected chi connectivity index (χ0v) is 12.0. The molecule has 2 aromatic carbocycles. The maximum Gasteiger partial charge on any atom is 0.114 e. The molecule has 2 nitrogen and oxygen atoms in total. The van der Waals surface area contributed by atoms with Gasteiger partial charge in [0.1, 0.15) is 11.2 Å². The summed E-state index contributed by atoms with van der Waals surface area (Å²) in [6.07, 6.45) is 0. The Morgan fingerprint density at radius 1 is 0.650 bits per heavy atom. The molecule has 1 heterocycles. The van der Waals surface area contributed by atoms with Crippen molar-refractivity contribution in [1.29, 1.82) is 0 Å². The Hall–Kier alpha value is -1.64. The summed E-state index contributed by atoms with van der Waals surface area (Å²) in [5.41, 5.74) is 1.59. The van der Waals surface area contributed by atoms with Crippen molar-refractivity contribution in [1.82, 2.24) is 0 Å². The van der Waals surface area contributed by atoms with Gasteiger partial charge in [-0.3, -0.25) is 0 Å². The van der Waals surface area contributed by atoms with Crippen LogP contribution in [0.4, 0.5) is 0 Å². The Kier molecular flexibility index (Phi) is 3.36. The van der Waals surface area contributed by atoms with Crippen molar-refractivity contribution in [3.05, 3.63) is 71.8 Å². The van der Waals surface area contributed by atoms with Gasteiger partial charge in [-0.05, 0) is 25.0 Å². The highest BCUT2D eigenvalue weighted by atomic mass is 16.6. The van der Waals surface area contributed by atoms with Gasteiger partial charge in [0.25, 0.3) is 0 Å². The fourth-order valence-corrected chi connectivity index (χ4v) is 2.59. The number of rotatable bonds is 2. The lowest BCUT2D eigenvalue weighted by Gasteiger charge is -2.43. The summed E-state index contributed by atoms with van der Waals surface area (Å²) < 4.78 is 12.4. The molecule has 2 heteroatoms. The first kappa shape index (κ1) is 13.3. The number of hydrogen-bond donors (Lipinski definition) is 0. The Balaban J connectivity index is 1.80. The minimum atomic E-state index is -0.366. The van der Waals surface area contributed by atoms with Gasteiger partial charge in [-0.25, -0.2) is 0 Å². The maximum absolute atomic E-state index is 6.20. The van der Waals surface area contributed by atoms with Crippen molar-refractivity contribution in [3.8, 4) is 0 Å². The molecule has 3 rings (SSSR count). The molecule has 104 valence electrons. The summed E-state index contributed by atoms with van der Waals surface area (Å²) >= 11 is 0. The molecule has 2 aromatic rings. The Labute approximate surface area is 120 Å². The van der Waals surface area contributed by atoms with Gasteiger partial charge in [0.05, 0.1) is 13.2 Å². The van der Waals surface area contributed by atoms with E-state index in [0.717, 1.165) is 11.1 Å². The van der Waals surface area contributed by atoms with Gasteiger partial charge in [0, 0.05) is 0 Å². The third-order valence-electron chi connectivity index (χ3n) is 4.10. The Bertz CT molecular complexity index is 501. The van der Waals surface area contributed by atoms with Crippen LogP contribution in [0.1, 0.15) is 25.0 Å². The van der Waals surface area contributed by atoms with Gasteiger partial charge in [0.2, 0.25) is 0 Å². The minimum absolute atomic E-state index is 0.366. The molecule has 2 atom stereocenters. The summed E-state index contributed by atoms with van der Waals surface area (Å²) in [7, 11) is 0. The minimum Gasteiger partial charge on any atom is -0.365 e. The number of ether oxygens (including phenoxy) is 2. The number of benzene rings is 2. The molecule has 0 unspecified atom stereocenters. The molecule has 0 aromatic heterocycles. The van der Waals surface area contributed by atoms with Gasteiger partial charge in [-0.2, -0.15) is 0 Å². The van der Waals surface area contributed by atoms with Crippen molar-refractivity contribution in [3.63, 3.8) is 0 Å². The van der Waals surface area contributed by atoms with E-state index in [9.17, 15) is 0 Å². The lowest BCUT2D eigenvalue weighted by molar-refractivity contribution is -0.233. The largest absolute Gasteiger partial charge is 0.365 e. The normalized spacial score (nSPS) is 30.1. The molecule has 1 fully saturated rings. The molecule has 0 N–H and O–H groups in total. The third-order valence-corrected chi connectivity index (χ3v) is 4.10. The zero-order valence-electron chi connectivity index (χ0n) is 12.0. The topological polar surface area (TPSA) is 18.5 Å². The molecule has 1 aliphatic heterocycles. The monoisotopic (exact) mass is 268 g/mol. The molecule has 1 aliphatic rings. The van der Waals surface area contributed by atoms with Crippen molar-refractivity contribution < 1.29 is 9.47 Å². The summed E-state index contributed by atoms with van der Waals surface area (Å²) in [6, 6.07) is 20.6. The van der Waals surface area contributed by atoms with Crippen LogP contribution < -0.4 is 0 Å². The van der Waals surface area contributed by atoms with E-state index in [1.807, 2.05) is 36.4 Å². The van der Waals surface area contributed by atoms with E-state index in [1.54, 1.807) is 0 Å². The molecule has 0 amide bonds. The van der Waals surface area contributed by atoms with Gasteiger partial charge >= 0.3 is 0 Å². The smallest absolute Gasteiger partial charge is 0.114 e. The summed E-state index contributed by atoms with van der Waals surface area (Å²) in [4.78, 5) is 0. The van der Waals surface area contributed by atoms with E-state index in [0.29, 0.717) is 13.2 Å². The average Bonchev–Trinajstić information content (AvgIpc) is 2.52. The predicted molar refractivity (Wildman–Crippen MR) is 79.5 cm³/mol. The van der Waals surface area contributed by atoms with Crippen molar-refractivity contribution in [2.45, 2.75) is 25.0 Å². The van der Waals surface area contributed by atoms with Gasteiger partial charge in [-0.1, -0.05) is 60.7 Å².